The Morgan fingerprint density at radius 3 is 2.47 bits per heavy atom. The number of hydrogen-bond donors (Lipinski definition) is 1. The van der Waals surface area contributed by atoms with Crippen molar-refractivity contribution in [2.45, 2.75) is 26.2 Å². The molecule has 0 spiro atoms. The van der Waals surface area contributed by atoms with Crippen molar-refractivity contribution in [3.8, 4) is 28.7 Å². The lowest BCUT2D eigenvalue weighted by Gasteiger charge is -2.30. The maximum absolute atomic E-state index is 15.3. The number of halogens is 3. The molecule has 3 heterocycles. The van der Waals surface area contributed by atoms with Crippen molar-refractivity contribution in [1.82, 2.24) is 19.4 Å². The third-order valence-corrected chi connectivity index (χ3v) is 8.39. The summed E-state index contributed by atoms with van der Waals surface area (Å²) in [6.45, 7) is 6.01. The van der Waals surface area contributed by atoms with Crippen molar-refractivity contribution >= 4 is 22.5 Å². The zero-order valence-electron chi connectivity index (χ0n) is 26.9. The number of carbonyl (C=O) groups excluding carboxylic acids is 1. The van der Waals surface area contributed by atoms with Gasteiger partial charge in [-0.15, -0.1) is 0 Å². The molecule has 5 aromatic rings. The predicted molar refractivity (Wildman–Crippen MR) is 177 cm³/mol. The number of ether oxygens (including phenoxy) is 3. The Morgan fingerprint density at radius 2 is 1.71 bits per heavy atom. The summed E-state index contributed by atoms with van der Waals surface area (Å²) in [5, 5.41) is 3.00. The lowest BCUT2D eigenvalue weighted by atomic mass is 9.99. The highest BCUT2D eigenvalue weighted by atomic mass is 19.2. The van der Waals surface area contributed by atoms with Crippen molar-refractivity contribution in [3.63, 3.8) is 0 Å². The second-order valence-corrected chi connectivity index (χ2v) is 11.8. The monoisotopic (exact) mass is 673 g/mol. The molecule has 2 aromatic heterocycles. The van der Waals surface area contributed by atoms with Crippen molar-refractivity contribution in [1.29, 1.82) is 0 Å². The molecule has 1 aliphatic rings. The maximum atomic E-state index is 15.3. The van der Waals surface area contributed by atoms with Gasteiger partial charge < -0.3 is 24.4 Å². The number of benzene rings is 3. The van der Waals surface area contributed by atoms with Gasteiger partial charge in [0.15, 0.2) is 40.4 Å². The largest absolute Gasteiger partial charge is 0.493 e. The highest BCUT2D eigenvalue weighted by Crippen LogP contribution is 2.38. The van der Waals surface area contributed by atoms with Gasteiger partial charge in [0, 0.05) is 54.4 Å². The molecule has 254 valence electrons. The van der Waals surface area contributed by atoms with Crippen LogP contribution in [0, 0.1) is 23.4 Å². The van der Waals surface area contributed by atoms with Crippen LogP contribution in [0.25, 0.3) is 16.6 Å². The summed E-state index contributed by atoms with van der Waals surface area (Å²) in [7, 11) is 1.54. The van der Waals surface area contributed by atoms with E-state index in [-0.39, 0.29) is 17.1 Å². The first-order chi connectivity index (χ1) is 23.7. The first-order valence-corrected chi connectivity index (χ1v) is 15.8. The summed E-state index contributed by atoms with van der Waals surface area (Å²) in [5.41, 5.74) is -0.836. The number of carbonyl (C=O) groups is 1. The zero-order chi connectivity index (χ0) is 34.5. The first kappa shape index (κ1) is 33.5. The Balaban J connectivity index is 1.13. The van der Waals surface area contributed by atoms with Crippen molar-refractivity contribution < 1.29 is 32.2 Å². The summed E-state index contributed by atoms with van der Waals surface area (Å²) >= 11 is 0. The van der Waals surface area contributed by atoms with Crippen LogP contribution in [-0.2, 0) is 0 Å². The van der Waals surface area contributed by atoms with Crippen LogP contribution in [0.15, 0.2) is 78.0 Å². The molecular formula is C36H34F3N5O5. The number of pyridine rings is 1. The van der Waals surface area contributed by atoms with Gasteiger partial charge >= 0.3 is 0 Å². The van der Waals surface area contributed by atoms with Crippen molar-refractivity contribution in [2.75, 3.05) is 38.7 Å². The van der Waals surface area contributed by atoms with Gasteiger partial charge in [0.25, 0.3) is 11.5 Å². The number of aromatic nitrogens is 3. The fourth-order valence-corrected chi connectivity index (χ4v) is 5.62. The Bertz CT molecular complexity index is 2050. The molecule has 10 nitrogen and oxygen atoms in total. The van der Waals surface area contributed by atoms with Crippen LogP contribution in [-0.4, -0.2) is 58.7 Å². The Kier molecular flexibility index (Phi) is 10.1. The number of rotatable bonds is 11. The SMILES string of the molecule is COc1cc2c(Oc3ccc(NC(=O)c4nccn(-c5ccc(F)c(F)c5)c4=O)cc3F)ccnc2cc1OCCCN1CCC(C)CC1. The van der Waals surface area contributed by atoms with E-state index >= 15 is 4.39 Å². The summed E-state index contributed by atoms with van der Waals surface area (Å²) in [4.78, 5) is 36.6. The number of nitrogens with zero attached hydrogens (tertiary/aromatic N) is 4. The lowest BCUT2D eigenvalue weighted by Crippen LogP contribution is -2.34. The van der Waals surface area contributed by atoms with Gasteiger partial charge in [-0.1, -0.05) is 6.92 Å². The van der Waals surface area contributed by atoms with Crippen LogP contribution in [0.1, 0.15) is 36.7 Å². The minimum Gasteiger partial charge on any atom is -0.493 e. The van der Waals surface area contributed by atoms with Crippen LogP contribution in [0.3, 0.4) is 0 Å². The standard InChI is InChI=1S/C36H34F3N5O5/c1-22-9-14-43(15-10-22)13-3-17-48-33-21-29-25(20-32(33)47-2)30(8-11-40-29)49-31-7-4-23(18-28(31)39)42-35(45)34-36(46)44(16-12-41-34)24-5-6-26(37)27(38)19-24/h4-8,11-12,16,18-22H,3,9-10,13-15,17H2,1-2H3,(H,42,45). The number of likely N-dealkylation sites (tertiary alicyclic amines) is 1. The van der Waals surface area contributed by atoms with Crippen molar-refractivity contribution in [2.24, 2.45) is 5.92 Å². The van der Waals surface area contributed by atoms with E-state index in [2.05, 4.69) is 27.1 Å². The minimum atomic E-state index is -1.16. The molecule has 0 saturated carbocycles. The highest BCUT2D eigenvalue weighted by Gasteiger charge is 2.19. The Labute approximate surface area is 280 Å². The van der Waals surface area contributed by atoms with Gasteiger partial charge in [-0.05, 0) is 74.7 Å². The van der Waals surface area contributed by atoms with E-state index in [9.17, 15) is 18.4 Å². The molecular weight excluding hydrogens is 639 g/mol. The Morgan fingerprint density at radius 1 is 0.898 bits per heavy atom. The van der Waals surface area contributed by atoms with E-state index in [4.69, 9.17) is 14.2 Å². The Hall–Kier alpha value is -5.43. The summed E-state index contributed by atoms with van der Waals surface area (Å²) < 4.78 is 60.9. The molecule has 1 amide bonds. The van der Waals surface area contributed by atoms with Gasteiger partial charge in [-0.25, -0.2) is 18.2 Å². The second kappa shape index (κ2) is 14.8. The normalized spacial score (nSPS) is 13.7. The molecule has 13 heteroatoms. The number of amides is 1. The first-order valence-electron chi connectivity index (χ1n) is 15.8. The van der Waals surface area contributed by atoms with Gasteiger partial charge in [-0.2, -0.15) is 0 Å². The van der Waals surface area contributed by atoms with E-state index in [1.54, 1.807) is 18.2 Å². The van der Waals surface area contributed by atoms with E-state index in [1.807, 2.05) is 0 Å². The second-order valence-electron chi connectivity index (χ2n) is 11.8. The maximum Gasteiger partial charge on any atom is 0.286 e. The molecule has 1 fully saturated rings. The van der Waals surface area contributed by atoms with Crippen LogP contribution >= 0.6 is 0 Å². The molecule has 0 bridgehead atoms. The number of fused-ring (bicyclic) bond motifs is 1. The van der Waals surface area contributed by atoms with Crippen LogP contribution in [0.5, 0.6) is 23.0 Å². The summed E-state index contributed by atoms with van der Waals surface area (Å²) in [5.74, 6) is -1.97. The van der Waals surface area contributed by atoms with E-state index < -0.39 is 34.6 Å². The van der Waals surface area contributed by atoms with Gasteiger partial charge in [-0.3, -0.25) is 19.1 Å². The third kappa shape index (κ3) is 7.67. The smallest absolute Gasteiger partial charge is 0.286 e. The molecule has 1 N–H and O–H groups in total. The number of methoxy groups -OCH3 is 1. The zero-order valence-corrected chi connectivity index (χ0v) is 26.9. The molecule has 0 atom stereocenters. The fraction of sp³-hybridized carbons (Fsp3) is 0.278. The fourth-order valence-electron chi connectivity index (χ4n) is 5.62. The van der Waals surface area contributed by atoms with E-state index in [0.29, 0.717) is 34.8 Å². The van der Waals surface area contributed by atoms with Crippen LogP contribution in [0.4, 0.5) is 18.9 Å². The van der Waals surface area contributed by atoms with Crippen molar-refractivity contribution in [3.05, 3.63) is 107 Å². The molecule has 6 rings (SSSR count). The predicted octanol–water partition coefficient (Wildman–Crippen LogP) is 6.75. The average molecular weight is 674 g/mol. The molecule has 0 aliphatic carbocycles. The quantitative estimate of drug-likeness (QED) is 0.154. The van der Waals surface area contributed by atoms with Gasteiger partial charge in [0.05, 0.1) is 24.9 Å². The summed E-state index contributed by atoms with van der Waals surface area (Å²) in [6, 6.07) is 11.7. The van der Waals surface area contributed by atoms with Gasteiger partial charge in [0.2, 0.25) is 0 Å². The molecule has 49 heavy (non-hydrogen) atoms. The number of piperidine rings is 1. The summed E-state index contributed by atoms with van der Waals surface area (Å²) in [6.07, 6.45) is 7.23. The number of anilines is 1. The minimum absolute atomic E-state index is 0.00383. The molecule has 0 radical (unpaired) electrons. The molecule has 3 aromatic carbocycles. The average Bonchev–Trinajstić information content (AvgIpc) is 3.09. The van der Waals surface area contributed by atoms with E-state index in [0.717, 1.165) is 60.9 Å². The molecule has 1 saturated heterocycles. The molecule has 1 aliphatic heterocycles. The topological polar surface area (TPSA) is 108 Å². The van der Waals surface area contributed by atoms with Gasteiger partial charge in [0.1, 0.15) is 5.75 Å². The van der Waals surface area contributed by atoms with E-state index in [1.165, 1.54) is 50.5 Å². The highest BCUT2D eigenvalue weighted by molar-refractivity contribution is 6.02. The number of nitrogens with one attached hydrogen (secondary N) is 1. The van der Waals surface area contributed by atoms with Crippen LogP contribution in [0.2, 0.25) is 0 Å². The third-order valence-electron chi connectivity index (χ3n) is 8.39. The lowest BCUT2D eigenvalue weighted by molar-refractivity contribution is 0.102. The van der Waals surface area contributed by atoms with Crippen LogP contribution < -0.4 is 25.1 Å². The molecule has 0 unspecified atom stereocenters. The number of hydrogen-bond acceptors (Lipinski definition) is 8.